The lowest BCUT2D eigenvalue weighted by Crippen LogP contribution is -2.30. The number of hydrogen-bond donors (Lipinski definition) is 1. The third-order valence-corrected chi connectivity index (χ3v) is 3.18. The lowest BCUT2D eigenvalue weighted by molar-refractivity contribution is 0.451. The molecule has 0 fully saturated rings. The first kappa shape index (κ1) is 12.5. The van der Waals surface area contributed by atoms with Crippen LogP contribution in [-0.2, 0) is 0 Å². The maximum Gasteiger partial charge on any atom is 0.0408 e. The zero-order valence-corrected chi connectivity index (χ0v) is 10.5. The minimum atomic E-state index is 0.508. The van der Waals surface area contributed by atoms with E-state index in [4.69, 9.17) is 11.6 Å². The maximum absolute atomic E-state index is 5.99. The van der Waals surface area contributed by atoms with E-state index in [1.807, 2.05) is 19.2 Å². The van der Waals surface area contributed by atoms with Crippen molar-refractivity contribution >= 4 is 11.6 Å². The summed E-state index contributed by atoms with van der Waals surface area (Å²) in [6.07, 6.45) is 2.40. The van der Waals surface area contributed by atoms with Gasteiger partial charge in [-0.25, -0.2) is 0 Å². The summed E-state index contributed by atoms with van der Waals surface area (Å²) in [5.74, 6) is 0.508. The van der Waals surface area contributed by atoms with Crippen LogP contribution in [-0.4, -0.2) is 13.1 Å². The van der Waals surface area contributed by atoms with E-state index in [-0.39, 0.29) is 0 Å². The van der Waals surface area contributed by atoms with Crippen molar-refractivity contribution in [3.8, 4) is 0 Å². The van der Waals surface area contributed by atoms with E-state index in [9.17, 15) is 0 Å². The van der Waals surface area contributed by atoms with Crippen LogP contribution in [0.3, 0.4) is 0 Å². The van der Waals surface area contributed by atoms with Gasteiger partial charge in [-0.3, -0.25) is 0 Å². The second-order valence-electron chi connectivity index (χ2n) is 4.03. The van der Waals surface area contributed by atoms with Gasteiger partial charge >= 0.3 is 0 Å². The van der Waals surface area contributed by atoms with E-state index in [1.54, 1.807) is 0 Å². The lowest BCUT2D eigenvalue weighted by atomic mass is 9.91. The minimum Gasteiger partial charge on any atom is -0.316 e. The molecule has 0 aromatic heterocycles. The summed E-state index contributed by atoms with van der Waals surface area (Å²) >= 11 is 5.99. The van der Waals surface area contributed by atoms with Gasteiger partial charge in [0.25, 0.3) is 0 Å². The molecule has 0 radical (unpaired) electrons. The van der Waals surface area contributed by atoms with Crippen LogP contribution in [0.5, 0.6) is 0 Å². The van der Waals surface area contributed by atoms with Crippen LogP contribution in [0.4, 0.5) is 0 Å². The Morgan fingerprint density at radius 3 is 2.67 bits per heavy atom. The molecule has 1 nitrogen and oxygen atoms in total. The predicted octanol–water partition coefficient (Wildman–Crippen LogP) is 3.83. The quantitative estimate of drug-likeness (QED) is 0.803. The van der Waals surface area contributed by atoms with E-state index < -0.39 is 0 Å². The first-order valence-corrected chi connectivity index (χ1v) is 5.99. The second-order valence-corrected chi connectivity index (χ2v) is 4.46. The van der Waals surface area contributed by atoms with Crippen molar-refractivity contribution in [1.29, 1.82) is 0 Å². The van der Waals surface area contributed by atoms with Gasteiger partial charge < -0.3 is 5.32 Å². The van der Waals surface area contributed by atoms with Gasteiger partial charge in [-0.2, -0.15) is 0 Å². The molecule has 0 aliphatic carbocycles. The van der Waals surface area contributed by atoms with Crippen molar-refractivity contribution in [2.45, 2.75) is 38.6 Å². The SMILES string of the molecule is CCCC(NC)C(C)c1cccc(Cl)c1. The van der Waals surface area contributed by atoms with Crippen LogP contribution in [0.1, 0.15) is 38.2 Å². The third kappa shape index (κ3) is 3.51. The molecule has 0 aliphatic heterocycles. The van der Waals surface area contributed by atoms with Crippen LogP contribution in [0.25, 0.3) is 0 Å². The average Bonchev–Trinajstić information content (AvgIpc) is 2.25. The van der Waals surface area contributed by atoms with Crippen LogP contribution in [0.2, 0.25) is 5.02 Å². The van der Waals surface area contributed by atoms with Crippen LogP contribution < -0.4 is 5.32 Å². The van der Waals surface area contributed by atoms with Crippen molar-refractivity contribution in [3.05, 3.63) is 34.9 Å². The third-order valence-electron chi connectivity index (χ3n) is 2.95. The average molecular weight is 226 g/mol. The molecule has 1 aromatic rings. The largest absolute Gasteiger partial charge is 0.316 e. The van der Waals surface area contributed by atoms with Crippen molar-refractivity contribution in [2.24, 2.45) is 0 Å². The minimum absolute atomic E-state index is 0.508. The Hall–Kier alpha value is -0.530. The molecule has 84 valence electrons. The highest BCUT2D eigenvalue weighted by atomic mass is 35.5. The summed E-state index contributed by atoms with van der Waals surface area (Å²) in [6, 6.07) is 8.69. The van der Waals surface area contributed by atoms with Gasteiger partial charge in [-0.05, 0) is 37.1 Å². The van der Waals surface area contributed by atoms with E-state index in [2.05, 4.69) is 31.3 Å². The molecule has 2 heteroatoms. The number of hydrogen-bond acceptors (Lipinski definition) is 1. The molecule has 15 heavy (non-hydrogen) atoms. The molecule has 1 N–H and O–H groups in total. The fourth-order valence-electron chi connectivity index (χ4n) is 1.98. The molecule has 0 amide bonds. The number of benzene rings is 1. The van der Waals surface area contributed by atoms with Gasteiger partial charge in [0, 0.05) is 11.1 Å². The van der Waals surface area contributed by atoms with Gasteiger partial charge in [0.15, 0.2) is 0 Å². The Balaban J connectivity index is 2.77. The molecule has 0 bridgehead atoms. The van der Waals surface area contributed by atoms with Gasteiger partial charge in [-0.1, -0.05) is 44.0 Å². The highest BCUT2D eigenvalue weighted by Crippen LogP contribution is 2.24. The molecule has 0 spiro atoms. The predicted molar refractivity (Wildman–Crippen MR) is 67.6 cm³/mol. The van der Waals surface area contributed by atoms with Crippen molar-refractivity contribution < 1.29 is 0 Å². The number of nitrogens with one attached hydrogen (secondary N) is 1. The number of rotatable bonds is 5. The molecular weight excluding hydrogens is 206 g/mol. The maximum atomic E-state index is 5.99. The van der Waals surface area contributed by atoms with Crippen molar-refractivity contribution in [3.63, 3.8) is 0 Å². The Kier molecular flexibility index (Phi) is 5.13. The molecular formula is C13H20ClN. The Morgan fingerprint density at radius 2 is 2.13 bits per heavy atom. The van der Waals surface area contributed by atoms with Gasteiger partial charge in [0.1, 0.15) is 0 Å². The summed E-state index contributed by atoms with van der Waals surface area (Å²) in [6.45, 7) is 4.47. The number of halogens is 1. The van der Waals surface area contributed by atoms with E-state index in [0.29, 0.717) is 12.0 Å². The lowest BCUT2D eigenvalue weighted by Gasteiger charge is -2.23. The fourth-order valence-corrected chi connectivity index (χ4v) is 2.18. The van der Waals surface area contributed by atoms with E-state index in [0.717, 1.165) is 5.02 Å². The molecule has 2 atom stereocenters. The molecule has 0 saturated heterocycles. The molecule has 0 aliphatic rings. The smallest absolute Gasteiger partial charge is 0.0408 e. The highest BCUT2D eigenvalue weighted by Gasteiger charge is 2.16. The summed E-state index contributed by atoms with van der Waals surface area (Å²) in [7, 11) is 2.03. The van der Waals surface area contributed by atoms with Crippen molar-refractivity contribution in [1.82, 2.24) is 5.32 Å². The molecule has 0 saturated carbocycles. The standard InChI is InChI=1S/C13H20ClN/c1-4-6-13(15-3)10(2)11-7-5-8-12(14)9-11/h5,7-10,13,15H,4,6H2,1-3H3. The first-order chi connectivity index (χ1) is 7.19. The summed E-state index contributed by atoms with van der Waals surface area (Å²) < 4.78 is 0. The van der Waals surface area contributed by atoms with Gasteiger partial charge in [-0.15, -0.1) is 0 Å². The fraction of sp³-hybridized carbons (Fsp3) is 0.538. The van der Waals surface area contributed by atoms with Gasteiger partial charge in [0.2, 0.25) is 0 Å². The van der Waals surface area contributed by atoms with Crippen LogP contribution in [0, 0.1) is 0 Å². The number of likely N-dealkylation sites (N-methyl/N-ethyl adjacent to an activating group) is 1. The molecule has 2 unspecified atom stereocenters. The summed E-state index contributed by atoms with van der Waals surface area (Å²) in [4.78, 5) is 0. The van der Waals surface area contributed by atoms with Crippen LogP contribution >= 0.6 is 11.6 Å². The molecule has 1 aromatic carbocycles. The highest BCUT2D eigenvalue weighted by molar-refractivity contribution is 6.30. The molecule has 0 heterocycles. The van der Waals surface area contributed by atoms with E-state index in [1.165, 1.54) is 18.4 Å². The van der Waals surface area contributed by atoms with E-state index >= 15 is 0 Å². The van der Waals surface area contributed by atoms with Gasteiger partial charge in [0.05, 0.1) is 0 Å². The van der Waals surface area contributed by atoms with Crippen molar-refractivity contribution in [2.75, 3.05) is 7.05 Å². The topological polar surface area (TPSA) is 12.0 Å². The summed E-state index contributed by atoms with van der Waals surface area (Å²) in [5, 5.41) is 4.20. The van der Waals surface area contributed by atoms with Crippen LogP contribution in [0.15, 0.2) is 24.3 Å². The zero-order chi connectivity index (χ0) is 11.3. The normalized spacial score (nSPS) is 14.9. The first-order valence-electron chi connectivity index (χ1n) is 5.61. The Labute approximate surface area is 97.8 Å². The molecule has 1 rings (SSSR count). The summed E-state index contributed by atoms with van der Waals surface area (Å²) in [5.41, 5.74) is 1.32. The Bertz CT molecular complexity index is 298. The Morgan fingerprint density at radius 1 is 1.40 bits per heavy atom. The zero-order valence-electron chi connectivity index (χ0n) is 9.76. The monoisotopic (exact) mass is 225 g/mol. The second kappa shape index (κ2) is 6.14.